The Balaban J connectivity index is 2.25. The van der Waals surface area contributed by atoms with Gasteiger partial charge in [0.15, 0.2) is 11.5 Å². The van der Waals surface area contributed by atoms with Gasteiger partial charge < -0.3 is 25.2 Å². The van der Waals surface area contributed by atoms with E-state index in [0.717, 1.165) is 28.8 Å². The fourth-order valence-electron chi connectivity index (χ4n) is 3.08. The van der Waals surface area contributed by atoms with Crippen LogP contribution < -0.4 is 4.74 Å². The number of phenols is 4. The first-order valence-electron chi connectivity index (χ1n) is 9.52. The fraction of sp³-hybridized carbons (Fsp3) is 0.435. The minimum atomic E-state index is -0.635. The Kier molecular flexibility index (Phi) is 6.07. The van der Waals surface area contributed by atoms with Crippen molar-refractivity contribution in [1.82, 2.24) is 0 Å². The molecule has 0 radical (unpaired) electrons. The van der Waals surface area contributed by atoms with Crippen molar-refractivity contribution in [2.75, 3.05) is 0 Å². The predicted octanol–water partition coefficient (Wildman–Crippen LogP) is 4.64. The number of aromatic hydroxyl groups is 4. The van der Waals surface area contributed by atoms with Gasteiger partial charge in [0.1, 0.15) is 11.5 Å². The average molecular weight is 402 g/mol. The molecule has 0 unspecified atom stereocenters. The Bertz CT molecular complexity index is 858. The minimum absolute atomic E-state index is 0.0116. The highest BCUT2D eigenvalue weighted by atomic mass is 16.5. The number of hydrogen-bond donors (Lipinski definition) is 4. The monoisotopic (exact) mass is 402 g/mol. The Labute approximate surface area is 171 Å². The lowest BCUT2D eigenvalue weighted by molar-refractivity contribution is -0.134. The number of carbonyl (C=O) groups is 1. The van der Waals surface area contributed by atoms with Gasteiger partial charge in [-0.15, -0.1) is 0 Å². The van der Waals surface area contributed by atoms with Crippen LogP contribution in [0.4, 0.5) is 0 Å². The van der Waals surface area contributed by atoms with Crippen molar-refractivity contribution in [2.24, 2.45) is 0 Å². The molecule has 0 fully saturated rings. The number of aryl methyl sites for hydroxylation is 1. The van der Waals surface area contributed by atoms with Gasteiger partial charge in [0, 0.05) is 18.6 Å². The molecular weight excluding hydrogens is 372 g/mol. The number of carbonyl (C=O) groups excluding carboxylic acids is 1. The number of rotatable bonds is 4. The summed E-state index contributed by atoms with van der Waals surface area (Å²) in [5, 5.41) is 39.6. The summed E-state index contributed by atoms with van der Waals surface area (Å²) in [7, 11) is 0. The van der Waals surface area contributed by atoms with Gasteiger partial charge in [-0.05, 0) is 33.9 Å². The fourth-order valence-corrected chi connectivity index (χ4v) is 3.08. The van der Waals surface area contributed by atoms with Crippen molar-refractivity contribution < 1.29 is 30.0 Å². The lowest BCUT2D eigenvalue weighted by Gasteiger charge is -2.28. The highest BCUT2D eigenvalue weighted by Crippen LogP contribution is 2.41. The Morgan fingerprint density at radius 1 is 0.828 bits per heavy atom. The molecule has 0 aliphatic heterocycles. The van der Waals surface area contributed by atoms with Crippen molar-refractivity contribution >= 4 is 5.97 Å². The van der Waals surface area contributed by atoms with Crippen LogP contribution in [0.1, 0.15) is 64.7 Å². The van der Waals surface area contributed by atoms with E-state index in [1.165, 1.54) is 0 Å². The first kappa shape index (κ1) is 22.4. The maximum absolute atomic E-state index is 12.2. The highest BCUT2D eigenvalue weighted by Gasteiger charge is 2.26. The predicted molar refractivity (Wildman–Crippen MR) is 111 cm³/mol. The summed E-state index contributed by atoms with van der Waals surface area (Å²) in [6, 6.07) is 5.75. The molecule has 0 bridgehead atoms. The molecule has 2 rings (SSSR count). The smallest absolute Gasteiger partial charge is 0.311 e. The first-order valence-corrected chi connectivity index (χ1v) is 9.52. The molecular formula is C23H30O6. The van der Waals surface area contributed by atoms with Crippen LogP contribution in [0, 0.1) is 0 Å². The molecule has 2 aromatic carbocycles. The van der Waals surface area contributed by atoms with Crippen LogP contribution in [0.15, 0.2) is 24.3 Å². The number of phenolic OH excluding ortho intramolecular Hbond substituents is 4. The number of hydrogen-bond acceptors (Lipinski definition) is 6. The van der Waals surface area contributed by atoms with Crippen LogP contribution in [0.2, 0.25) is 0 Å². The van der Waals surface area contributed by atoms with Gasteiger partial charge in [0.2, 0.25) is 5.75 Å². The maximum atomic E-state index is 12.2. The summed E-state index contributed by atoms with van der Waals surface area (Å²) >= 11 is 0. The lowest BCUT2D eigenvalue weighted by atomic mass is 9.78. The van der Waals surface area contributed by atoms with E-state index in [1.807, 2.05) is 53.7 Å². The molecule has 6 nitrogen and oxygen atoms in total. The van der Waals surface area contributed by atoms with E-state index in [4.69, 9.17) is 4.74 Å². The van der Waals surface area contributed by atoms with Crippen molar-refractivity contribution in [2.45, 2.75) is 65.2 Å². The quantitative estimate of drug-likeness (QED) is 0.438. The SMILES string of the molecule is CC(C)(C)c1cc(CCC(=O)Oc2c(O)cc(O)cc2O)cc(C(C)(C)C)c1O. The van der Waals surface area contributed by atoms with Crippen LogP contribution in [0.25, 0.3) is 0 Å². The average Bonchev–Trinajstić information content (AvgIpc) is 2.55. The van der Waals surface area contributed by atoms with E-state index in [9.17, 15) is 25.2 Å². The van der Waals surface area contributed by atoms with E-state index in [2.05, 4.69) is 0 Å². The topological polar surface area (TPSA) is 107 Å². The largest absolute Gasteiger partial charge is 0.508 e. The van der Waals surface area contributed by atoms with E-state index in [0.29, 0.717) is 6.42 Å². The molecule has 0 saturated heterocycles. The molecule has 0 aliphatic carbocycles. The lowest BCUT2D eigenvalue weighted by Crippen LogP contribution is -2.18. The highest BCUT2D eigenvalue weighted by molar-refractivity contribution is 5.75. The summed E-state index contributed by atoms with van der Waals surface area (Å²) in [5.74, 6) is -2.13. The van der Waals surface area contributed by atoms with Gasteiger partial charge in [0.05, 0.1) is 0 Å². The molecule has 0 amide bonds. The standard InChI is InChI=1S/C23H30O6/c1-22(2,3)15-9-13(10-16(20(15)28)23(4,5)6)7-8-19(27)29-21-17(25)11-14(24)12-18(21)26/h9-12,24-26,28H,7-8H2,1-6H3. The molecule has 2 aromatic rings. The van der Waals surface area contributed by atoms with E-state index < -0.39 is 17.5 Å². The zero-order valence-corrected chi connectivity index (χ0v) is 17.8. The zero-order valence-electron chi connectivity index (χ0n) is 17.8. The van der Waals surface area contributed by atoms with E-state index in [-0.39, 0.29) is 34.5 Å². The minimum Gasteiger partial charge on any atom is -0.508 e. The maximum Gasteiger partial charge on any atom is 0.311 e. The molecule has 0 spiro atoms. The summed E-state index contributed by atoms with van der Waals surface area (Å²) in [5.41, 5.74) is 1.95. The third-order valence-electron chi connectivity index (χ3n) is 4.65. The number of benzene rings is 2. The molecule has 0 saturated carbocycles. The molecule has 29 heavy (non-hydrogen) atoms. The van der Waals surface area contributed by atoms with Gasteiger partial charge in [-0.25, -0.2) is 0 Å². The summed E-state index contributed by atoms with van der Waals surface area (Å²) in [6.45, 7) is 12.1. The van der Waals surface area contributed by atoms with E-state index in [1.54, 1.807) is 0 Å². The van der Waals surface area contributed by atoms with Crippen LogP contribution >= 0.6 is 0 Å². The Morgan fingerprint density at radius 2 is 1.28 bits per heavy atom. The van der Waals surface area contributed by atoms with Crippen molar-refractivity contribution in [3.8, 4) is 28.7 Å². The van der Waals surface area contributed by atoms with Crippen LogP contribution in [0.3, 0.4) is 0 Å². The van der Waals surface area contributed by atoms with Crippen molar-refractivity contribution in [3.63, 3.8) is 0 Å². The van der Waals surface area contributed by atoms with Crippen LogP contribution in [0.5, 0.6) is 28.7 Å². The van der Waals surface area contributed by atoms with E-state index >= 15 is 0 Å². The van der Waals surface area contributed by atoms with Crippen LogP contribution in [-0.4, -0.2) is 26.4 Å². The Hall–Kier alpha value is -2.89. The number of esters is 1. The van der Waals surface area contributed by atoms with Crippen molar-refractivity contribution in [1.29, 1.82) is 0 Å². The van der Waals surface area contributed by atoms with Gasteiger partial charge in [-0.1, -0.05) is 53.7 Å². The van der Waals surface area contributed by atoms with Crippen molar-refractivity contribution in [3.05, 3.63) is 41.0 Å². The molecule has 6 heteroatoms. The third-order valence-corrected chi connectivity index (χ3v) is 4.65. The van der Waals surface area contributed by atoms with Gasteiger partial charge >= 0.3 is 5.97 Å². The second kappa shape index (κ2) is 7.85. The van der Waals surface area contributed by atoms with Gasteiger partial charge in [-0.3, -0.25) is 4.79 Å². The molecule has 0 heterocycles. The van der Waals surface area contributed by atoms with Gasteiger partial charge in [0.25, 0.3) is 0 Å². The summed E-state index contributed by atoms with van der Waals surface area (Å²) in [6.07, 6.45) is 0.378. The molecule has 158 valence electrons. The molecule has 4 N–H and O–H groups in total. The molecule has 0 aliphatic rings. The Morgan fingerprint density at radius 3 is 1.69 bits per heavy atom. The second-order valence-corrected chi connectivity index (χ2v) is 9.33. The van der Waals surface area contributed by atoms with Crippen LogP contribution in [-0.2, 0) is 22.0 Å². The summed E-state index contributed by atoms with van der Waals surface area (Å²) < 4.78 is 5.07. The normalized spacial score (nSPS) is 12.1. The molecule has 0 aromatic heterocycles. The molecule has 0 atom stereocenters. The number of ether oxygens (including phenoxy) is 1. The first-order chi connectivity index (χ1) is 13.2. The van der Waals surface area contributed by atoms with Gasteiger partial charge in [-0.2, -0.15) is 0 Å². The summed E-state index contributed by atoms with van der Waals surface area (Å²) in [4.78, 5) is 12.2. The zero-order chi connectivity index (χ0) is 22.1. The third kappa shape index (κ3) is 5.34. The second-order valence-electron chi connectivity index (χ2n) is 9.33.